The Bertz CT molecular complexity index is 2670. The molecule has 4 rings (SSSR count). The molecule has 0 bridgehead atoms. The first-order valence-electron chi connectivity index (χ1n) is 26.5. The SMILES string of the molecule is CCCN(OCCOC(F)(F)F)C(=O)C1=Cc2ccc(-c3cnc(CNC(=O)CCOCCOCCOCCOCCOCCOCCOCCOCCOCCOCCC(=O)Oc4c(F)c(F)c(S(=O)(=O)O)c(F)c4F)nc3)cc2N=C(N)C1. The van der Waals surface area contributed by atoms with Gasteiger partial charge in [-0.25, -0.2) is 28.8 Å². The van der Waals surface area contributed by atoms with Crippen molar-refractivity contribution in [3.63, 3.8) is 0 Å². The Morgan fingerprint density at radius 3 is 1.55 bits per heavy atom. The first-order chi connectivity index (χ1) is 40.8. The van der Waals surface area contributed by atoms with E-state index in [2.05, 4.69) is 29.8 Å². The van der Waals surface area contributed by atoms with Gasteiger partial charge in [0.15, 0.2) is 16.5 Å². The molecule has 0 spiro atoms. The molecular weight excluding hydrogens is 1180 g/mol. The van der Waals surface area contributed by atoms with E-state index in [9.17, 15) is 53.5 Å². The third-order valence-electron chi connectivity index (χ3n) is 10.9. The van der Waals surface area contributed by atoms with Crippen molar-refractivity contribution >= 4 is 45.5 Å². The lowest BCUT2D eigenvalue weighted by Gasteiger charge is -2.22. The van der Waals surface area contributed by atoms with Crippen LogP contribution in [-0.4, -0.2) is 210 Å². The summed E-state index contributed by atoms with van der Waals surface area (Å²) in [5.41, 5.74) is 8.85. The summed E-state index contributed by atoms with van der Waals surface area (Å²) < 4.78 is 186. The van der Waals surface area contributed by atoms with Gasteiger partial charge in [-0.05, 0) is 24.1 Å². The van der Waals surface area contributed by atoms with Crippen molar-refractivity contribution in [3.05, 3.63) is 70.8 Å². The van der Waals surface area contributed by atoms with Gasteiger partial charge in [0.2, 0.25) is 23.3 Å². The summed E-state index contributed by atoms with van der Waals surface area (Å²) in [7, 11) is -5.66. The van der Waals surface area contributed by atoms with E-state index in [1.165, 1.54) is 0 Å². The fourth-order valence-corrected chi connectivity index (χ4v) is 7.57. The lowest BCUT2D eigenvalue weighted by Crippen LogP contribution is -2.35. The molecule has 33 heteroatoms. The van der Waals surface area contributed by atoms with Crippen LogP contribution in [0.3, 0.4) is 0 Å². The number of benzene rings is 2. The van der Waals surface area contributed by atoms with Crippen molar-refractivity contribution in [2.45, 2.75) is 50.4 Å². The number of aliphatic imine (C=N–C) groups is 1. The number of hydroxylamine groups is 2. The molecule has 3 aromatic rings. The van der Waals surface area contributed by atoms with Crippen molar-refractivity contribution in [1.29, 1.82) is 0 Å². The quantitative estimate of drug-likeness (QED) is 0.0132. The summed E-state index contributed by atoms with van der Waals surface area (Å²) in [6.07, 6.45) is -0.000620. The highest BCUT2D eigenvalue weighted by Gasteiger charge is 2.34. The monoisotopic (exact) mass is 1250 g/mol. The Morgan fingerprint density at radius 2 is 1.11 bits per heavy atom. The van der Waals surface area contributed by atoms with Crippen LogP contribution >= 0.6 is 0 Å². The number of hydrogen-bond donors (Lipinski definition) is 3. The van der Waals surface area contributed by atoms with Crippen molar-refractivity contribution in [3.8, 4) is 16.9 Å². The Kier molecular flexibility index (Phi) is 33.4. The number of nitrogens with zero attached hydrogens (tertiary/aromatic N) is 4. The molecule has 85 heavy (non-hydrogen) atoms. The maximum Gasteiger partial charge on any atom is 0.522 e. The maximum absolute atomic E-state index is 14.0. The van der Waals surface area contributed by atoms with Crippen LogP contribution in [0.5, 0.6) is 5.75 Å². The lowest BCUT2D eigenvalue weighted by molar-refractivity contribution is -0.330. The molecule has 1 aliphatic heterocycles. The summed E-state index contributed by atoms with van der Waals surface area (Å²) in [5.74, 6) is -13.0. The largest absolute Gasteiger partial charge is 0.522 e. The molecule has 0 saturated carbocycles. The zero-order valence-electron chi connectivity index (χ0n) is 46.5. The second-order valence-corrected chi connectivity index (χ2v) is 18.8. The van der Waals surface area contributed by atoms with E-state index in [-0.39, 0.29) is 82.9 Å². The Morgan fingerprint density at radius 1 is 0.647 bits per heavy atom. The molecule has 0 radical (unpaired) electrons. The third kappa shape index (κ3) is 28.4. The molecule has 0 atom stereocenters. The van der Waals surface area contributed by atoms with Crippen molar-refractivity contribution in [1.82, 2.24) is 20.3 Å². The number of rotatable bonds is 45. The van der Waals surface area contributed by atoms with Crippen LogP contribution in [-0.2, 0) is 88.0 Å². The van der Waals surface area contributed by atoms with Gasteiger partial charge in [0.25, 0.3) is 5.91 Å². The average molecular weight is 1250 g/mol. The predicted molar refractivity (Wildman–Crippen MR) is 282 cm³/mol. The molecule has 0 saturated heterocycles. The van der Waals surface area contributed by atoms with E-state index in [1.54, 1.807) is 43.6 Å². The maximum atomic E-state index is 14.0. The van der Waals surface area contributed by atoms with Crippen LogP contribution in [0.2, 0.25) is 0 Å². The minimum atomic E-state index is -5.66. The number of fused-ring (bicyclic) bond motifs is 1. The van der Waals surface area contributed by atoms with Crippen LogP contribution in [0.25, 0.3) is 17.2 Å². The summed E-state index contributed by atoms with van der Waals surface area (Å²) in [4.78, 5) is 53.8. The zero-order valence-corrected chi connectivity index (χ0v) is 47.3. The van der Waals surface area contributed by atoms with E-state index in [4.69, 9.17) is 62.5 Å². The minimum absolute atomic E-state index is 0.00731. The molecule has 2 heterocycles. The van der Waals surface area contributed by atoms with E-state index < -0.39 is 81.9 Å². The third-order valence-corrected chi connectivity index (χ3v) is 11.8. The number of carbonyl (C=O) groups is 3. The first kappa shape index (κ1) is 71.6. The van der Waals surface area contributed by atoms with Crippen LogP contribution in [0.4, 0.5) is 36.4 Å². The summed E-state index contributed by atoms with van der Waals surface area (Å²) in [6, 6.07) is 5.30. The standard InChI is InChI=1S/C52H69F7N6O19S/c1-2-7-65(83-29-28-82-52(57,58)59)51(68)38-30-37-4-3-36(31-40(37)64-41(60)32-38)39-33-61-42(62-34-39)35-63-43(66)5-8-72-10-12-74-14-16-76-18-20-78-22-24-80-26-27-81-25-23-79-21-19-77-17-15-75-13-11-73-9-6-44(67)84-49-45(53)47(55)50(85(69,70)71)48(56)46(49)54/h3-4,30-31,33-34H,2,5-29,32,35H2,1H3,(H2,60,64)(H,63,66)(H,69,70,71). The number of hydrogen-bond acceptors (Lipinski definition) is 22. The van der Waals surface area contributed by atoms with Crippen molar-refractivity contribution < 1.29 is 120 Å². The van der Waals surface area contributed by atoms with Crippen LogP contribution in [0.1, 0.15) is 44.0 Å². The number of amides is 2. The molecule has 1 aliphatic rings. The van der Waals surface area contributed by atoms with E-state index >= 15 is 0 Å². The number of carbonyl (C=O) groups excluding carboxylic acids is 3. The zero-order chi connectivity index (χ0) is 61.9. The number of amidine groups is 1. The molecule has 25 nitrogen and oxygen atoms in total. The van der Waals surface area contributed by atoms with E-state index in [1.807, 2.05) is 0 Å². The Hall–Kier alpha value is -5.92. The van der Waals surface area contributed by atoms with Gasteiger partial charge in [0.05, 0.1) is 164 Å². The Balaban J connectivity index is 0.879. The van der Waals surface area contributed by atoms with Crippen LogP contribution in [0, 0.1) is 23.3 Å². The second kappa shape index (κ2) is 39.7. The smallest absolute Gasteiger partial charge is 0.420 e. The van der Waals surface area contributed by atoms with Gasteiger partial charge < -0.3 is 63.2 Å². The van der Waals surface area contributed by atoms with Gasteiger partial charge in [0.1, 0.15) is 11.7 Å². The molecule has 0 fully saturated rings. The van der Waals surface area contributed by atoms with Gasteiger partial charge in [-0.3, -0.25) is 28.5 Å². The van der Waals surface area contributed by atoms with Crippen LogP contribution < -0.4 is 15.8 Å². The van der Waals surface area contributed by atoms with Gasteiger partial charge in [-0.15, -0.1) is 13.2 Å². The molecule has 4 N–H and O–H groups in total. The summed E-state index contributed by atoms with van der Waals surface area (Å²) in [5, 5.41) is 3.75. The summed E-state index contributed by atoms with van der Waals surface area (Å²) >= 11 is 0. The van der Waals surface area contributed by atoms with Crippen molar-refractivity contribution in [2.24, 2.45) is 10.7 Å². The molecule has 0 unspecified atom stereocenters. The second-order valence-electron chi connectivity index (χ2n) is 17.4. The molecular formula is C52H69F7N6O19S. The molecule has 476 valence electrons. The average Bonchev–Trinajstić information content (AvgIpc) is 3.78. The van der Waals surface area contributed by atoms with E-state index in [0.29, 0.717) is 127 Å². The van der Waals surface area contributed by atoms with Gasteiger partial charge >= 0.3 is 22.4 Å². The van der Waals surface area contributed by atoms with Crippen LogP contribution in [0.15, 0.2) is 46.1 Å². The fourth-order valence-electron chi connectivity index (χ4n) is 6.94. The predicted octanol–water partition coefficient (Wildman–Crippen LogP) is 4.60. The highest BCUT2D eigenvalue weighted by atomic mass is 32.2. The van der Waals surface area contributed by atoms with Crippen molar-refractivity contribution in [2.75, 3.05) is 152 Å². The van der Waals surface area contributed by atoms with Gasteiger partial charge in [0, 0.05) is 48.5 Å². The number of nitrogens with two attached hydrogens (primary N) is 1. The molecule has 0 aliphatic carbocycles. The molecule has 2 aromatic carbocycles. The van der Waals surface area contributed by atoms with Gasteiger partial charge in [-0.2, -0.15) is 17.2 Å². The summed E-state index contributed by atoms with van der Waals surface area (Å²) in [6.45, 7) is 6.09. The number of aromatic nitrogens is 2. The van der Waals surface area contributed by atoms with E-state index in [0.717, 1.165) is 5.06 Å². The fraction of sp³-hybridized carbons (Fsp3) is 0.577. The van der Waals surface area contributed by atoms with Gasteiger partial charge in [-0.1, -0.05) is 19.1 Å². The highest BCUT2D eigenvalue weighted by molar-refractivity contribution is 7.85. The minimum Gasteiger partial charge on any atom is -0.420 e. The number of alkyl halides is 3. The topological polar surface area (TPSA) is 305 Å². The molecule has 1 aromatic heterocycles. The molecule has 2 amide bonds. The number of esters is 1. The normalized spacial score (nSPS) is 12.6. The number of halogens is 7. The Labute approximate surface area is 485 Å². The lowest BCUT2D eigenvalue weighted by atomic mass is 10.0. The number of nitrogens with one attached hydrogen (secondary N) is 1. The number of ether oxygens (including phenoxy) is 12. The highest BCUT2D eigenvalue weighted by Crippen LogP contribution is 2.34. The first-order valence-corrected chi connectivity index (χ1v) is 28.0.